The van der Waals surface area contributed by atoms with Crippen LogP contribution in [0.15, 0.2) is 16.7 Å². The monoisotopic (exact) mass is 229 g/mol. The minimum atomic E-state index is 0.561. The van der Waals surface area contributed by atoms with Crippen molar-refractivity contribution in [3.63, 3.8) is 0 Å². The molecular formula is C8H12BrN3. The zero-order valence-electron chi connectivity index (χ0n) is 6.97. The zero-order chi connectivity index (χ0) is 8.97. The lowest BCUT2D eigenvalue weighted by Gasteiger charge is -2.04. The van der Waals surface area contributed by atoms with Crippen molar-refractivity contribution in [2.45, 2.75) is 13.5 Å². The molecule has 0 bridgehead atoms. The molecule has 0 saturated heterocycles. The second-order valence-electron chi connectivity index (χ2n) is 2.48. The van der Waals surface area contributed by atoms with Crippen LogP contribution in [0.4, 0.5) is 5.82 Å². The molecule has 0 saturated carbocycles. The highest BCUT2D eigenvalue weighted by atomic mass is 79.9. The maximum absolute atomic E-state index is 5.54. The third kappa shape index (κ3) is 2.46. The predicted octanol–water partition coefficient (Wildman–Crippen LogP) is 1.54. The van der Waals surface area contributed by atoms with E-state index in [0.29, 0.717) is 5.82 Å². The minimum Gasteiger partial charge on any atom is -0.384 e. The number of hydrogen-bond acceptors (Lipinski definition) is 3. The highest BCUT2D eigenvalue weighted by molar-refractivity contribution is 9.10. The third-order valence-corrected chi connectivity index (χ3v) is 2.24. The molecule has 66 valence electrons. The number of nitrogen functional groups attached to an aromatic ring is 1. The summed E-state index contributed by atoms with van der Waals surface area (Å²) in [6.45, 7) is 3.84. The first-order valence-electron chi connectivity index (χ1n) is 3.84. The van der Waals surface area contributed by atoms with E-state index >= 15 is 0 Å². The quantitative estimate of drug-likeness (QED) is 0.827. The summed E-state index contributed by atoms with van der Waals surface area (Å²) in [4.78, 5) is 3.95. The van der Waals surface area contributed by atoms with E-state index in [1.807, 2.05) is 6.07 Å². The third-order valence-electron chi connectivity index (χ3n) is 1.52. The molecule has 0 fully saturated rings. The Morgan fingerprint density at radius 3 is 3.08 bits per heavy atom. The van der Waals surface area contributed by atoms with Crippen LogP contribution in [0.5, 0.6) is 0 Å². The Labute approximate surface area is 80.5 Å². The Morgan fingerprint density at radius 2 is 2.42 bits per heavy atom. The van der Waals surface area contributed by atoms with Crippen molar-refractivity contribution in [2.24, 2.45) is 0 Å². The number of aromatic nitrogens is 1. The molecule has 0 unspecified atom stereocenters. The second-order valence-corrected chi connectivity index (χ2v) is 3.34. The van der Waals surface area contributed by atoms with Crippen molar-refractivity contribution in [2.75, 3.05) is 12.3 Å². The van der Waals surface area contributed by atoms with Crippen molar-refractivity contribution in [3.8, 4) is 0 Å². The smallest absolute Gasteiger partial charge is 0.123 e. The molecule has 0 aromatic carbocycles. The van der Waals surface area contributed by atoms with Crippen LogP contribution in [-0.4, -0.2) is 11.5 Å². The molecule has 1 heterocycles. The van der Waals surface area contributed by atoms with Gasteiger partial charge in [0.25, 0.3) is 0 Å². The Bertz CT molecular complexity index is 262. The first-order chi connectivity index (χ1) is 5.74. The van der Waals surface area contributed by atoms with E-state index in [-0.39, 0.29) is 0 Å². The van der Waals surface area contributed by atoms with Gasteiger partial charge in [0.05, 0.1) is 0 Å². The largest absolute Gasteiger partial charge is 0.384 e. The van der Waals surface area contributed by atoms with Gasteiger partial charge in [-0.25, -0.2) is 4.98 Å². The normalized spacial score (nSPS) is 10.2. The van der Waals surface area contributed by atoms with Gasteiger partial charge >= 0.3 is 0 Å². The maximum Gasteiger partial charge on any atom is 0.123 e. The van der Waals surface area contributed by atoms with Crippen LogP contribution in [0.25, 0.3) is 0 Å². The summed E-state index contributed by atoms with van der Waals surface area (Å²) in [7, 11) is 0. The number of hydrogen-bond donors (Lipinski definition) is 2. The fraction of sp³-hybridized carbons (Fsp3) is 0.375. The number of nitrogens with zero attached hydrogens (tertiary/aromatic N) is 1. The molecule has 0 aliphatic heterocycles. The van der Waals surface area contributed by atoms with Crippen molar-refractivity contribution < 1.29 is 0 Å². The van der Waals surface area contributed by atoms with Gasteiger partial charge in [-0.3, -0.25) is 0 Å². The zero-order valence-corrected chi connectivity index (χ0v) is 8.56. The molecular weight excluding hydrogens is 218 g/mol. The standard InChI is InChI=1S/C8H12BrN3/c1-2-11-4-6-3-8(10)12-5-7(6)9/h3,5,11H,2,4H2,1H3,(H2,10,12). The lowest BCUT2D eigenvalue weighted by atomic mass is 10.2. The van der Waals surface area contributed by atoms with Gasteiger partial charge in [0.15, 0.2) is 0 Å². The first kappa shape index (κ1) is 9.48. The van der Waals surface area contributed by atoms with Gasteiger partial charge in [0.2, 0.25) is 0 Å². The summed E-state index contributed by atoms with van der Waals surface area (Å²) in [5, 5.41) is 3.22. The van der Waals surface area contributed by atoms with Crippen LogP contribution < -0.4 is 11.1 Å². The van der Waals surface area contributed by atoms with Crippen LogP contribution in [-0.2, 0) is 6.54 Å². The van der Waals surface area contributed by atoms with Crippen molar-refractivity contribution in [1.29, 1.82) is 0 Å². The Hall–Kier alpha value is -0.610. The summed E-state index contributed by atoms with van der Waals surface area (Å²) in [5.74, 6) is 0.561. The molecule has 3 nitrogen and oxygen atoms in total. The Kier molecular flexibility index (Phi) is 3.49. The Balaban J connectivity index is 2.75. The summed E-state index contributed by atoms with van der Waals surface area (Å²) < 4.78 is 0.998. The average Bonchev–Trinajstić information content (AvgIpc) is 2.07. The van der Waals surface area contributed by atoms with Crippen LogP contribution in [0.1, 0.15) is 12.5 Å². The molecule has 0 atom stereocenters. The number of nitrogens with two attached hydrogens (primary N) is 1. The topological polar surface area (TPSA) is 50.9 Å². The fourth-order valence-electron chi connectivity index (χ4n) is 0.894. The van der Waals surface area contributed by atoms with Gasteiger partial charge < -0.3 is 11.1 Å². The molecule has 1 aromatic heterocycles. The molecule has 0 aliphatic carbocycles. The lowest BCUT2D eigenvalue weighted by molar-refractivity contribution is 0.724. The van der Waals surface area contributed by atoms with E-state index in [0.717, 1.165) is 23.1 Å². The predicted molar refractivity (Wildman–Crippen MR) is 53.7 cm³/mol. The fourth-order valence-corrected chi connectivity index (χ4v) is 1.25. The van der Waals surface area contributed by atoms with Gasteiger partial charge in [-0.2, -0.15) is 0 Å². The summed E-state index contributed by atoms with van der Waals surface area (Å²) >= 11 is 3.40. The van der Waals surface area contributed by atoms with Gasteiger partial charge in [0.1, 0.15) is 5.82 Å². The maximum atomic E-state index is 5.54. The van der Waals surface area contributed by atoms with Crippen LogP contribution >= 0.6 is 15.9 Å². The van der Waals surface area contributed by atoms with Crippen LogP contribution in [0, 0.1) is 0 Å². The number of anilines is 1. The molecule has 0 radical (unpaired) electrons. The number of rotatable bonds is 3. The molecule has 0 aliphatic rings. The highest BCUT2D eigenvalue weighted by Crippen LogP contribution is 2.16. The van der Waals surface area contributed by atoms with Gasteiger partial charge in [0, 0.05) is 17.2 Å². The molecule has 0 spiro atoms. The lowest BCUT2D eigenvalue weighted by Crippen LogP contribution is -2.12. The molecule has 12 heavy (non-hydrogen) atoms. The van der Waals surface area contributed by atoms with E-state index in [2.05, 4.69) is 33.2 Å². The molecule has 1 rings (SSSR count). The molecule has 0 amide bonds. The van der Waals surface area contributed by atoms with Crippen LogP contribution in [0.3, 0.4) is 0 Å². The van der Waals surface area contributed by atoms with Crippen LogP contribution in [0.2, 0.25) is 0 Å². The van der Waals surface area contributed by atoms with E-state index in [9.17, 15) is 0 Å². The molecule has 4 heteroatoms. The van der Waals surface area contributed by atoms with E-state index < -0.39 is 0 Å². The highest BCUT2D eigenvalue weighted by Gasteiger charge is 1.99. The van der Waals surface area contributed by atoms with Gasteiger partial charge in [-0.05, 0) is 34.1 Å². The van der Waals surface area contributed by atoms with Crippen molar-refractivity contribution >= 4 is 21.7 Å². The van der Waals surface area contributed by atoms with E-state index in [4.69, 9.17) is 5.73 Å². The Morgan fingerprint density at radius 1 is 1.67 bits per heavy atom. The minimum absolute atomic E-state index is 0.561. The van der Waals surface area contributed by atoms with E-state index in [1.165, 1.54) is 0 Å². The average molecular weight is 230 g/mol. The van der Waals surface area contributed by atoms with Crippen molar-refractivity contribution in [1.82, 2.24) is 10.3 Å². The summed E-state index contributed by atoms with van der Waals surface area (Å²) in [6.07, 6.45) is 1.72. The SMILES string of the molecule is CCNCc1cc(N)ncc1Br. The summed E-state index contributed by atoms with van der Waals surface area (Å²) in [5.41, 5.74) is 6.68. The van der Waals surface area contributed by atoms with Gasteiger partial charge in [-0.1, -0.05) is 6.92 Å². The summed E-state index contributed by atoms with van der Waals surface area (Å²) in [6, 6.07) is 1.87. The molecule has 1 aromatic rings. The second kappa shape index (κ2) is 4.42. The molecule has 3 N–H and O–H groups in total. The van der Waals surface area contributed by atoms with Crippen molar-refractivity contribution in [3.05, 3.63) is 22.3 Å². The first-order valence-corrected chi connectivity index (χ1v) is 4.64. The number of pyridine rings is 1. The van der Waals surface area contributed by atoms with Gasteiger partial charge in [-0.15, -0.1) is 0 Å². The number of halogens is 1. The van der Waals surface area contributed by atoms with E-state index in [1.54, 1.807) is 6.20 Å². The number of nitrogens with one attached hydrogen (secondary N) is 1.